The van der Waals surface area contributed by atoms with E-state index in [4.69, 9.17) is 12.2 Å². The highest BCUT2D eigenvalue weighted by Gasteiger charge is 2.50. The lowest BCUT2D eigenvalue weighted by Crippen LogP contribution is -2.36. The standard InChI is InChI=1S/C27H42S/c1-19(2)8-6-9-21(4)25-15-16-26-22(10-7-17-27(25,26)5)12-13-23-18-24(28)14-11-20(23)3/h12-13,19,21,25-26H,3,6-11,14-18H2,1-2,4-5H3/t21-,25-,26+,27-/m1/s1. The molecule has 3 aliphatic carbocycles. The van der Waals surface area contributed by atoms with Crippen molar-refractivity contribution in [2.75, 3.05) is 0 Å². The second-order valence-corrected chi connectivity index (χ2v) is 11.2. The third-order valence-electron chi connectivity index (χ3n) is 8.21. The van der Waals surface area contributed by atoms with Crippen molar-refractivity contribution < 1.29 is 0 Å². The molecule has 0 nitrogen and oxygen atoms in total. The molecule has 3 aliphatic rings. The molecule has 0 spiro atoms. The van der Waals surface area contributed by atoms with Gasteiger partial charge in [0, 0.05) is 6.42 Å². The lowest BCUT2D eigenvalue weighted by molar-refractivity contribution is 0.0929. The van der Waals surface area contributed by atoms with E-state index in [1.807, 2.05) is 0 Å². The van der Waals surface area contributed by atoms with Gasteiger partial charge < -0.3 is 0 Å². The van der Waals surface area contributed by atoms with Crippen molar-refractivity contribution in [2.45, 2.75) is 98.3 Å². The first-order valence-corrected chi connectivity index (χ1v) is 12.3. The van der Waals surface area contributed by atoms with Gasteiger partial charge in [-0.25, -0.2) is 0 Å². The zero-order valence-electron chi connectivity index (χ0n) is 18.9. The third-order valence-corrected chi connectivity index (χ3v) is 8.56. The first-order valence-electron chi connectivity index (χ1n) is 11.9. The van der Waals surface area contributed by atoms with Crippen LogP contribution in [0.3, 0.4) is 0 Å². The molecule has 156 valence electrons. The van der Waals surface area contributed by atoms with Crippen LogP contribution in [0.2, 0.25) is 0 Å². The summed E-state index contributed by atoms with van der Waals surface area (Å²) in [5.41, 5.74) is 4.96. The molecule has 0 amide bonds. The molecule has 0 aromatic carbocycles. The summed E-state index contributed by atoms with van der Waals surface area (Å²) < 4.78 is 0. The number of thiocarbonyl (C=S) groups is 1. The molecular weight excluding hydrogens is 356 g/mol. The lowest BCUT2D eigenvalue weighted by Gasteiger charge is -2.44. The summed E-state index contributed by atoms with van der Waals surface area (Å²) in [6.45, 7) is 14.2. The Kier molecular flexibility index (Phi) is 7.40. The molecule has 3 saturated carbocycles. The van der Waals surface area contributed by atoms with Gasteiger partial charge in [0.05, 0.1) is 0 Å². The van der Waals surface area contributed by atoms with E-state index in [-0.39, 0.29) is 0 Å². The molecular formula is C27H42S. The van der Waals surface area contributed by atoms with Crippen LogP contribution in [-0.4, -0.2) is 4.86 Å². The topological polar surface area (TPSA) is 0 Å². The maximum Gasteiger partial charge on any atom is 0.00408 e. The van der Waals surface area contributed by atoms with E-state index in [1.165, 1.54) is 67.4 Å². The zero-order chi connectivity index (χ0) is 20.3. The molecule has 0 aromatic heterocycles. The van der Waals surface area contributed by atoms with E-state index >= 15 is 0 Å². The second-order valence-electron chi connectivity index (χ2n) is 10.7. The molecule has 0 heterocycles. The van der Waals surface area contributed by atoms with Gasteiger partial charge in [-0.05, 0) is 84.5 Å². The van der Waals surface area contributed by atoms with E-state index in [2.05, 4.69) is 46.4 Å². The minimum Gasteiger partial charge on any atom is -0.0955 e. The first-order chi connectivity index (χ1) is 13.3. The molecule has 0 unspecified atom stereocenters. The van der Waals surface area contributed by atoms with Gasteiger partial charge in [0.15, 0.2) is 0 Å². The van der Waals surface area contributed by atoms with Crippen molar-refractivity contribution in [1.82, 2.24) is 0 Å². The van der Waals surface area contributed by atoms with Crippen LogP contribution >= 0.6 is 12.2 Å². The Morgan fingerprint density at radius 1 is 1.11 bits per heavy atom. The van der Waals surface area contributed by atoms with Crippen molar-refractivity contribution in [3.05, 3.63) is 35.5 Å². The van der Waals surface area contributed by atoms with Crippen LogP contribution in [0.1, 0.15) is 98.3 Å². The number of hydrogen-bond donors (Lipinski definition) is 0. The van der Waals surface area contributed by atoms with Crippen molar-refractivity contribution >= 4 is 17.1 Å². The Balaban J connectivity index is 1.70. The molecule has 28 heavy (non-hydrogen) atoms. The summed E-state index contributed by atoms with van der Waals surface area (Å²) in [4.78, 5) is 1.21. The fourth-order valence-electron chi connectivity index (χ4n) is 6.52. The lowest BCUT2D eigenvalue weighted by atomic mass is 9.60. The van der Waals surface area contributed by atoms with E-state index in [9.17, 15) is 0 Å². The minimum atomic E-state index is 0.527. The van der Waals surface area contributed by atoms with Gasteiger partial charge in [-0.1, -0.05) is 89.1 Å². The molecule has 3 rings (SSSR count). The predicted octanol–water partition coefficient (Wildman–Crippen LogP) is 8.63. The highest BCUT2D eigenvalue weighted by molar-refractivity contribution is 7.80. The van der Waals surface area contributed by atoms with E-state index in [0.29, 0.717) is 5.41 Å². The quantitative estimate of drug-likeness (QED) is 0.403. The Labute approximate surface area is 180 Å². The van der Waals surface area contributed by atoms with E-state index in [0.717, 1.165) is 42.9 Å². The van der Waals surface area contributed by atoms with E-state index < -0.39 is 0 Å². The summed E-state index contributed by atoms with van der Waals surface area (Å²) in [6.07, 6.45) is 19.1. The average molecular weight is 399 g/mol. The van der Waals surface area contributed by atoms with Crippen LogP contribution in [0.4, 0.5) is 0 Å². The number of allylic oxidation sites excluding steroid dienone is 5. The fraction of sp³-hybridized carbons (Fsp3) is 0.741. The summed E-state index contributed by atoms with van der Waals surface area (Å²) in [6, 6.07) is 0. The third kappa shape index (κ3) is 4.89. The van der Waals surface area contributed by atoms with Crippen molar-refractivity contribution in [3.8, 4) is 0 Å². The van der Waals surface area contributed by atoms with Crippen LogP contribution in [0.25, 0.3) is 0 Å². The van der Waals surface area contributed by atoms with Crippen molar-refractivity contribution in [2.24, 2.45) is 29.1 Å². The summed E-state index contributed by atoms with van der Waals surface area (Å²) >= 11 is 5.49. The SMILES string of the molecule is C=C1CCC(=S)CC1=CC=C1CCC[C@]2(C)[C@@H]([C@H](C)CCCC(C)C)CC[C@@H]12. The monoisotopic (exact) mass is 398 g/mol. The fourth-order valence-corrected chi connectivity index (χ4v) is 6.78. The highest BCUT2D eigenvalue weighted by atomic mass is 32.1. The second kappa shape index (κ2) is 9.41. The van der Waals surface area contributed by atoms with Crippen LogP contribution in [0, 0.1) is 29.1 Å². The van der Waals surface area contributed by atoms with Gasteiger partial charge >= 0.3 is 0 Å². The number of fused-ring (bicyclic) bond motifs is 1. The Morgan fingerprint density at radius 3 is 2.64 bits per heavy atom. The Hall–Kier alpha value is -0.690. The van der Waals surface area contributed by atoms with Crippen LogP contribution in [0.15, 0.2) is 35.5 Å². The molecule has 0 N–H and O–H groups in total. The number of hydrogen-bond acceptors (Lipinski definition) is 1. The summed E-state index contributed by atoms with van der Waals surface area (Å²) in [5.74, 6) is 3.44. The summed E-state index contributed by atoms with van der Waals surface area (Å²) in [5, 5.41) is 0. The minimum absolute atomic E-state index is 0.527. The molecule has 0 bridgehead atoms. The molecule has 1 heteroatoms. The molecule has 4 atom stereocenters. The molecule has 3 fully saturated rings. The van der Waals surface area contributed by atoms with Crippen molar-refractivity contribution in [1.29, 1.82) is 0 Å². The highest BCUT2D eigenvalue weighted by Crippen LogP contribution is 2.59. The average Bonchev–Trinajstić information content (AvgIpc) is 2.99. The van der Waals surface area contributed by atoms with Gasteiger partial charge in [-0.2, -0.15) is 0 Å². The summed E-state index contributed by atoms with van der Waals surface area (Å²) in [7, 11) is 0. The van der Waals surface area contributed by atoms with Gasteiger partial charge in [0.2, 0.25) is 0 Å². The number of rotatable bonds is 6. The Bertz CT molecular complexity index is 649. The maximum atomic E-state index is 5.49. The van der Waals surface area contributed by atoms with Gasteiger partial charge in [-0.15, -0.1) is 0 Å². The smallest absolute Gasteiger partial charge is 0.00408 e. The molecule has 0 radical (unpaired) electrons. The zero-order valence-corrected chi connectivity index (χ0v) is 19.7. The normalized spacial score (nSPS) is 35.0. The first kappa shape index (κ1) is 22.0. The van der Waals surface area contributed by atoms with Gasteiger partial charge in [0.1, 0.15) is 0 Å². The van der Waals surface area contributed by atoms with Crippen LogP contribution < -0.4 is 0 Å². The molecule has 0 saturated heterocycles. The molecule has 0 aliphatic heterocycles. The van der Waals surface area contributed by atoms with E-state index in [1.54, 1.807) is 5.57 Å². The van der Waals surface area contributed by atoms with Crippen LogP contribution in [0.5, 0.6) is 0 Å². The predicted molar refractivity (Wildman–Crippen MR) is 128 cm³/mol. The van der Waals surface area contributed by atoms with Crippen molar-refractivity contribution in [3.63, 3.8) is 0 Å². The van der Waals surface area contributed by atoms with Gasteiger partial charge in [-0.3, -0.25) is 0 Å². The maximum absolute atomic E-state index is 5.49. The Morgan fingerprint density at radius 2 is 1.89 bits per heavy atom. The molecule has 0 aromatic rings. The van der Waals surface area contributed by atoms with Crippen LogP contribution in [-0.2, 0) is 0 Å². The van der Waals surface area contributed by atoms with Gasteiger partial charge in [0.25, 0.3) is 0 Å². The largest absolute Gasteiger partial charge is 0.0955 e.